The number of nitrogens with one attached hydrogen (secondary N) is 1. The number of benzene rings is 2. The van der Waals surface area contributed by atoms with Gasteiger partial charge in [0.05, 0.1) is 16.4 Å². The zero-order chi connectivity index (χ0) is 17.5. The summed E-state index contributed by atoms with van der Waals surface area (Å²) in [7, 11) is 0. The summed E-state index contributed by atoms with van der Waals surface area (Å²) in [6, 6.07) is 12.1. The van der Waals surface area contributed by atoms with E-state index in [0.717, 1.165) is 6.07 Å². The van der Waals surface area contributed by atoms with Gasteiger partial charge in [0.1, 0.15) is 5.75 Å². The fourth-order valence-electron chi connectivity index (χ4n) is 1.83. The summed E-state index contributed by atoms with van der Waals surface area (Å²) < 4.78 is 5.02. The van der Waals surface area contributed by atoms with E-state index in [2.05, 4.69) is 5.32 Å². The van der Waals surface area contributed by atoms with Gasteiger partial charge in [0.15, 0.2) is 0 Å². The van der Waals surface area contributed by atoms with E-state index in [-0.39, 0.29) is 35.3 Å². The lowest BCUT2D eigenvalue weighted by Crippen LogP contribution is -2.27. The van der Waals surface area contributed by atoms with Gasteiger partial charge >= 0.3 is 5.97 Å². The first-order valence-electron chi connectivity index (χ1n) is 6.95. The van der Waals surface area contributed by atoms with Gasteiger partial charge in [-0.1, -0.05) is 29.8 Å². The van der Waals surface area contributed by atoms with Crippen molar-refractivity contribution in [3.63, 3.8) is 0 Å². The Labute approximate surface area is 142 Å². The lowest BCUT2D eigenvalue weighted by atomic mass is 10.2. The summed E-state index contributed by atoms with van der Waals surface area (Å²) in [6.45, 7) is 0.0944. The van der Waals surface area contributed by atoms with Crippen LogP contribution in [0.2, 0.25) is 5.02 Å². The van der Waals surface area contributed by atoms with Crippen LogP contribution in [0.25, 0.3) is 0 Å². The maximum Gasteiger partial charge on any atom is 0.313 e. The second kappa shape index (κ2) is 8.07. The fourth-order valence-corrected chi connectivity index (χ4v) is 2.04. The molecule has 0 unspecified atom stereocenters. The minimum atomic E-state index is -0.612. The number of amides is 1. The Morgan fingerprint density at radius 2 is 1.88 bits per heavy atom. The maximum absolute atomic E-state index is 11.8. The van der Waals surface area contributed by atoms with Crippen LogP contribution in [0, 0.1) is 10.1 Å². The van der Waals surface area contributed by atoms with E-state index >= 15 is 0 Å². The van der Waals surface area contributed by atoms with Crippen LogP contribution in [0.4, 0.5) is 5.69 Å². The molecule has 0 radical (unpaired) electrons. The van der Waals surface area contributed by atoms with E-state index < -0.39 is 10.9 Å². The first-order valence-corrected chi connectivity index (χ1v) is 7.33. The van der Waals surface area contributed by atoms with E-state index in [1.54, 1.807) is 30.3 Å². The highest BCUT2D eigenvalue weighted by Crippen LogP contribution is 2.28. The number of hydrogen-bond acceptors (Lipinski definition) is 5. The Kier molecular flexibility index (Phi) is 5.86. The van der Waals surface area contributed by atoms with E-state index in [1.807, 2.05) is 0 Å². The van der Waals surface area contributed by atoms with Gasteiger partial charge in [-0.3, -0.25) is 19.7 Å². The van der Waals surface area contributed by atoms with E-state index in [4.69, 9.17) is 16.3 Å². The molecule has 0 bridgehead atoms. The van der Waals surface area contributed by atoms with Crippen LogP contribution in [-0.4, -0.2) is 23.3 Å². The third kappa shape index (κ3) is 4.79. The highest BCUT2D eigenvalue weighted by molar-refractivity contribution is 6.32. The largest absolute Gasteiger partial charge is 0.425 e. The van der Waals surface area contributed by atoms with Crippen LogP contribution in [0.1, 0.15) is 16.8 Å². The number of ether oxygens (including phenoxy) is 1. The maximum atomic E-state index is 11.8. The second-order valence-corrected chi connectivity index (χ2v) is 5.13. The summed E-state index contributed by atoms with van der Waals surface area (Å²) in [5.74, 6) is -0.877. The first kappa shape index (κ1) is 17.4. The predicted molar refractivity (Wildman–Crippen MR) is 87.1 cm³/mol. The summed E-state index contributed by atoms with van der Waals surface area (Å²) in [5, 5.41) is 13.2. The molecule has 8 heteroatoms. The number of halogens is 1. The van der Waals surface area contributed by atoms with Gasteiger partial charge in [0, 0.05) is 24.2 Å². The highest BCUT2D eigenvalue weighted by atomic mass is 35.5. The van der Waals surface area contributed by atoms with E-state index in [1.165, 1.54) is 12.1 Å². The molecule has 7 nitrogen and oxygen atoms in total. The average Bonchev–Trinajstić information content (AvgIpc) is 2.57. The second-order valence-electron chi connectivity index (χ2n) is 4.72. The molecule has 2 aromatic carbocycles. The molecule has 1 amide bonds. The van der Waals surface area contributed by atoms with Crippen molar-refractivity contribution < 1.29 is 19.2 Å². The van der Waals surface area contributed by atoms with Gasteiger partial charge in [-0.2, -0.15) is 0 Å². The fraction of sp³-hybridized carbons (Fsp3) is 0.125. The van der Waals surface area contributed by atoms with Gasteiger partial charge in [-0.25, -0.2) is 0 Å². The number of nitro benzene ring substituents is 1. The normalized spacial score (nSPS) is 10.0. The Bertz CT molecular complexity index is 764. The van der Waals surface area contributed by atoms with Crippen molar-refractivity contribution in [1.29, 1.82) is 0 Å². The Balaban J connectivity index is 1.83. The molecule has 0 aliphatic carbocycles. The summed E-state index contributed by atoms with van der Waals surface area (Å²) in [4.78, 5) is 33.5. The minimum Gasteiger partial charge on any atom is -0.425 e. The molecule has 0 spiro atoms. The van der Waals surface area contributed by atoms with Crippen LogP contribution < -0.4 is 10.1 Å². The summed E-state index contributed by atoms with van der Waals surface area (Å²) >= 11 is 5.83. The van der Waals surface area contributed by atoms with Crippen LogP contribution in [-0.2, 0) is 4.79 Å². The molecular formula is C16H13ClN2O5. The van der Waals surface area contributed by atoms with Gasteiger partial charge in [-0.15, -0.1) is 0 Å². The van der Waals surface area contributed by atoms with Gasteiger partial charge in [0.2, 0.25) is 0 Å². The van der Waals surface area contributed by atoms with Crippen molar-refractivity contribution in [2.45, 2.75) is 6.42 Å². The Morgan fingerprint density at radius 3 is 2.50 bits per heavy atom. The number of rotatable bonds is 6. The molecule has 0 aromatic heterocycles. The number of nitro groups is 1. The van der Waals surface area contributed by atoms with Crippen molar-refractivity contribution in [3.8, 4) is 5.75 Å². The molecule has 0 saturated carbocycles. The van der Waals surface area contributed by atoms with Crippen molar-refractivity contribution >= 4 is 29.2 Å². The molecule has 0 fully saturated rings. The van der Waals surface area contributed by atoms with Gasteiger partial charge in [0.25, 0.3) is 11.6 Å². The number of hydrogen-bond donors (Lipinski definition) is 1. The van der Waals surface area contributed by atoms with Gasteiger partial charge in [-0.05, 0) is 18.2 Å². The number of esters is 1. The lowest BCUT2D eigenvalue weighted by molar-refractivity contribution is -0.384. The quantitative estimate of drug-likeness (QED) is 0.374. The van der Waals surface area contributed by atoms with Crippen molar-refractivity contribution in [2.24, 2.45) is 0 Å². The van der Waals surface area contributed by atoms with Crippen LogP contribution in [0.3, 0.4) is 0 Å². The van der Waals surface area contributed by atoms with Crippen LogP contribution in [0.15, 0.2) is 48.5 Å². The van der Waals surface area contributed by atoms with Crippen LogP contribution >= 0.6 is 11.6 Å². The lowest BCUT2D eigenvalue weighted by Gasteiger charge is -2.07. The standard InChI is InChI=1S/C16H13ClN2O5/c17-13-10-12(19(22)23)6-7-14(13)24-15(20)8-9-18-16(21)11-4-2-1-3-5-11/h1-7,10H,8-9H2,(H,18,21). The predicted octanol–water partition coefficient (Wildman–Crippen LogP) is 2.97. The molecule has 2 rings (SSSR count). The Hall–Kier alpha value is -2.93. The number of nitrogens with zero attached hydrogens (tertiary/aromatic N) is 1. The molecule has 0 heterocycles. The Morgan fingerprint density at radius 1 is 1.17 bits per heavy atom. The smallest absolute Gasteiger partial charge is 0.313 e. The van der Waals surface area contributed by atoms with Crippen molar-refractivity contribution in [2.75, 3.05) is 6.54 Å². The molecule has 0 atom stereocenters. The molecule has 1 N–H and O–H groups in total. The first-order chi connectivity index (χ1) is 11.5. The zero-order valence-corrected chi connectivity index (χ0v) is 13.2. The number of carbonyl (C=O) groups excluding carboxylic acids is 2. The zero-order valence-electron chi connectivity index (χ0n) is 12.4. The number of carbonyl (C=O) groups is 2. The third-order valence-corrected chi connectivity index (χ3v) is 3.30. The monoisotopic (exact) mass is 348 g/mol. The molecule has 124 valence electrons. The van der Waals surface area contributed by atoms with Crippen molar-refractivity contribution in [1.82, 2.24) is 5.32 Å². The van der Waals surface area contributed by atoms with Crippen LogP contribution in [0.5, 0.6) is 5.75 Å². The van der Waals surface area contributed by atoms with E-state index in [0.29, 0.717) is 5.56 Å². The molecule has 2 aromatic rings. The third-order valence-electron chi connectivity index (χ3n) is 3.00. The molecule has 0 aliphatic heterocycles. The number of non-ortho nitro benzene ring substituents is 1. The highest BCUT2D eigenvalue weighted by Gasteiger charge is 2.13. The topological polar surface area (TPSA) is 98.5 Å². The molecule has 0 saturated heterocycles. The summed E-state index contributed by atoms with van der Waals surface area (Å²) in [6.07, 6.45) is -0.0636. The van der Waals surface area contributed by atoms with Crippen molar-refractivity contribution in [3.05, 3.63) is 69.2 Å². The molecule has 24 heavy (non-hydrogen) atoms. The minimum absolute atomic E-state index is 0.0293. The SMILES string of the molecule is O=C(CCNC(=O)c1ccccc1)Oc1ccc([N+](=O)[O-])cc1Cl. The summed E-state index contributed by atoms with van der Waals surface area (Å²) in [5.41, 5.74) is 0.291. The molecule has 0 aliphatic rings. The average molecular weight is 349 g/mol. The van der Waals surface area contributed by atoms with Gasteiger partial charge < -0.3 is 10.1 Å². The van der Waals surface area contributed by atoms with E-state index in [9.17, 15) is 19.7 Å². The molecular weight excluding hydrogens is 336 g/mol.